The highest BCUT2D eigenvalue weighted by atomic mass is 19.1. The largest absolute Gasteiger partial charge is 0.301 e. The van der Waals surface area contributed by atoms with Crippen LogP contribution in [0.25, 0.3) is 0 Å². The summed E-state index contributed by atoms with van der Waals surface area (Å²) in [5, 5.41) is 7.32. The molecule has 4 rings (SSSR count). The van der Waals surface area contributed by atoms with Crippen LogP contribution in [0.5, 0.6) is 0 Å². The average Bonchev–Trinajstić information content (AvgIpc) is 3.70. The fourth-order valence-electron chi connectivity index (χ4n) is 4.30. The van der Waals surface area contributed by atoms with Crippen LogP contribution >= 0.6 is 0 Å². The van der Waals surface area contributed by atoms with Crippen LogP contribution in [0.1, 0.15) is 75.1 Å². The zero-order valence-corrected chi connectivity index (χ0v) is 19.7. The molecule has 0 unspecified atom stereocenters. The number of halogens is 2. The lowest BCUT2D eigenvalue weighted by molar-refractivity contribution is 0.222. The molecule has 4 heteroatoms. The van der Waals surface area contributed by atoms with E-state index in [0.717, 1.165) is 37.9 Å². The van der Waals surface area contributed by atoms with Crippen molar-refractivity contribution in [3.05, 3.63) is 70.8 Å². The van der Waals surface area contributed by atoms with Crippen LogP contribution in [-0.4, -0.2) is 24.0 Å². The van der Waals surface area contributed by atoms with Gasteiger partial charge in [-0.15, -0.1) is 0 Å². The number of hydrogen-bond donors (Lipinski definition) is 0. The fraction of sp³-hybridized carbons (Fsp3) is 0.536. The van der Waals surface area contributed by atoms with Crippen LogP contribution < -0.4 is 0 Å². The Balaban J connectivity index is 0.000000913. The van der Waals surface area contributed by atoms with Crippen LogP contribution in [0.3, 0.4) is 0 Å². The SMILES string of the molecule is CC#N.CC(C)N(CCCc1ccc(C2(F)CC2)c(C2(F)CC2)c1)CCc1ccccc1. The van der Waals surface area contributed by atoms with Gasteiger partial charge in [-0.1, -0.05) is 48.5 Å². The third-order valence-corrected chi connectivity index (χ3v) is 6.60. The Bertz CT molecular complexity index is 909. The molecule has 172 valence electrons. The topological polar surface area (TPSA) is 27.0 Å². The van der Waals surface area contributed by atoms with E-state index < -0.39 is 11.3 Å². The molecule has 0 heterocycles. The van der Waals surface area contributed by atoms with Crippen molar-refractivity contribution in [2.24, 2.45) is 0 Å². The molecular weight excluding hydrogens is 402 g/mol. The van der Waals surface area contributed by atoms with Crippen molar-refractivity contribution in [3.8, 4) is 6.07 Å². The Hall–Kier alpha value is -2.25. The maximum atomic E-state index is 14.9. The van der Waals surface area contributed by atoms with Crippen molar-refractivity contribution in [1.82, 2.24) is 4.90 Å². The lowest BCUT2D eigenvalue weighted by Gasteiger charge is -2.26. The summed E-state index contributed by atoms with van der Waals surface area (Å²) in [6, 6.07) is 18.7. The molecular formula is C28H36F2N2. The molecule has 0 aliphatic heterocycles. The molecule has 0 bridgehead atoms. The van der Waals surface area contributed by atoms with E-state index in [0.29, 0.717) is 42.9 Å². The predicted molar refractivity (Wildman–Crippen MR) is 127 cm³/mol. The Labute approximate surface area is 192 Å². The Morgan fingerprint density at radius 1 is 0.875 bits per heavy atom. The summed E-state index contributed by atoms with van der Waals surface area (Å²) in [4.78, 5) is 2.51. The summed E-state index contributed by atoms with van der Waals surface area (Å²) in [7, 11) is 0. The summed E-state index contributed by atoms with van der Waals surface area (Å²) in [6.45, 7) is 7.99. The minimum atomic E-state index is -1.27. The first-order valence-electron chi connectivity index (χ1n) is 11.9. The molecule has 0 N–H and O–H groups in total. The van der Waals surface area contributed by atoms with Crippen molar-refractivity contribution < 1.29 is 8.78 Å². The molecule has 32 heavy (non-hydrogen) atoms. The van der Waals surface area contributed by atoms with E-state index in [-0.39, 0.29) is 0 Å². The normalized spacial score (nSPS) is 17.4. The summed E-state index contributed by atoms with van der Waals surface area (Å²) in [5.41, 5.74) is 1.24. The van der Waals surface area contributed by atoms with Gasteiger partial charge >= 0.3 is 0 Å². The predicted octanol–water partition coefficient (Wildman–Crippen LogP) is 7.02. The van der Waals surface area contributed by atoms with Crippen molar-refractivity contribution in [1.29, 1.82) is 5.26 Å². The van der Waals surface area contributed by atoms with Gasteiger partial charge in [0, 0.05) is 19.5 Å². The summed E-state index contributed by atoms with van der Waals surface area (Å²) in [5.74, 6) is 0. The van der Waals surface area contributed by atoms with Crippen LogP contribution in [0, 0.1) is 11.3 Å². The van der Waals surface area contributed by atoms with Gasteiger partial charge < -0.3 is 4.90 Å². The highest BCUT2D eigenvalue weighted by Crippen LogP contribution is 2.58. The molecule has 0 aromatic heterocycles. The van der Waals surface area contributed by atoms with E-state index in [2.05, 4.69) is 49.1 Å². The average molecular weight is 439 g/mol. The van der Waals surface area contributed by atoms with Gasteiger partial charge in [-0.3, -0.25) is 0 Å². The van der Waals surface area contributed by atoms with Crippen LogP contribution in [0.15, 0.2) is 48.5 Å². The lowest BCUT2D eigenvalue weighted by Crippen LogP contribution is -2.34. The molecule has 2 aliphatic carbocycles. The van der Waals surface area contributed by atoms with E-state index >= 15 is 0 Å². The van der Waals surface area contributed by atoms with Gasteiger partial charge in [0.25, 0.3) is 0 Å². The minimum Gasteiger partial charge on any atom is -0.301 e. The minimum absolute atomic E-state index is 0.499. The second-order valence-corrected chi connectivity index (χ2v) is 9.50. The van der Waals surface area contributed by atoms with Gasteiger partial charge in [-0.2, -0.15) is 5.26 Å². The molecule has 0 saturated heterocycles. The summed E-state index contributed by atoms with van der Waals surface area (Å²) < 4.78 is 29.6. The second kappa shape index (κ2) is 10.6. The molecule has 2 nitrogen and oxygen atoms in total. The van der Waals surface area contributed by atoms with Crippen LogP contribution in [0.2, 0.25) is 0 Å². The number of alkyl halides is 2. The number of benzene rings is 2. The van der Waals surface area contributed by atoms with Crippen LogP contribution in [0.4, 0.5) is 8.78 Å². The monoisotopic (exact) mass is 438 g/mol. The van der Waals surface area contributed by atoms with Gasteiger partial charge in [-0.25, -0.2) is 8.78 Å². The van der Waals surface area contributed by atoms with Gasteiger partial charge in [0.15, 0.2) is 0 Å². The number of nitrogens with zero attached hydrogens (tertiary/aromatic N) is 2. The molecule has 2 aromatic rings. The number of nitriles is 1. The molecule has 0 amide bonds. The maximum Gasteiger partial charge on any atom is 0.136 e. The zero-order chi connectivity index (χ0) is 23.2. The van der Waals surface area contributed by atoms with E-state index in [1.165, 1.54) is 12.5 Å². The first-order valence-corrected chi connectivity index (χ1v) is 11.9. The first kappa shape index (κ1) is 24.4. The Kier molecular flexibility index (Phi) is 8.06. The van der Waals surface area contributed by atoms with E-state index in [4.69, 9.17) is 5.26 Å². The summed E-state index contributed by atoms with van der Waals surface area (Å²) in [6.07, 6.45) is 5.17. The van der Waals surface area contributed by atoms with Crippen molar-refractivity contribution in [2.75, 3.05) is 13.1 Å². The fourth-order valence-corrected chi connectivity index (χ4v) is 4.30. The Morgan fingerprint density at radius 2 is 1.47 bits per heavy atom. The third-order valence-electron chi connectivity index (χ3n) is 6.60. The Morgan fingerprint density at radius 3 is 2.03 bits per heavy atom. The quantitative estimate of drug-likeness (QED) is 0.398. The molecule has 2 fully saturated rings. The van der Waals surface area contributed by atoms with Crippen molar-refractivity contribution in [3.63, 3.8) is 0 Å². The first-order chi connectivity index (χ1) is 15.3. The molecule has 2 saturated carbocycles. The van der Waals surface area contributed by atoms with Crippen LogP contribution in [-0.2, 0) is 24.2 Å². The summed E-state index contributed by atoms with van der Waals surface area (Å²) >= 11 is 0. The van der Waals surface area contributed by atoms with Gasteiger partial charge in [-0.05, 0) is 87.6 Å². The zero-order valence-electron chi connectivity index (χ0n) is 19.7. The molecule has 0 atom stereocenters. The molecule has 0 spiro atoms. The van der Waals surface area contributed by atoms with E-state index in [1.807, 2.05) is 18.2 Å². The van der Waals surface area contributed by atoms with Crippen molar-refractivity contribution >= 4 is 0 Å². The van der Waals surface area contributed by atoms with E-state index in [1.54, 1.807) is 6.07 Å². The number of aryl methyl sites for hydroxylation is 1. The number of hydrogen-bond acceptors (Lipinski definition) is 2. The highest BCUT2D eigenvalue weighted by Gasteiger charge is 2.53. The smallest absolute Gasteiger partial charge is 0.136 e. The van der Waals surface area contributed by atoms with E-state index in [9.17, 15) is 8.78 Å². The second-order valence-electron chi connectivity index (χ2n) is 9.50. The number of rotatable bonds is 10. The van der Waals surface area contributed by atoms with Gasteiger partial charge in [0.2, 0.25) is 0 Å². The standard InChI is InChI=1S/C26H33F2N.C2H3N/c1-20(2)29(18-12-21-7-4-3-5-8-21)17-6-9-22-10-11-23(25(27)13-14-25)24(19-22)26(28)15-16-26;1-2-3/h3-5,7-8,10-11,19-20H,6,9,12-18H2,1-2H3;1H3. The van der Waals surface area contributed by atoms with Crippen molar-refractivity contribution in [2.45, 2.75) is 83.1 Å². The highest BCUT2D eigenvalue weighted by molar-refractivity contribution is 5.44. The van der Waals surface area contributed by atoms with Gasteiger partial charge in [0.1, 0.15) is 11.3 Å². The maximum absolute atomic E-state index is 14.9. The molecule has 2 aliphatic rings. The molecule has 2 aromatic carbocycles. The third kappa shape index (κ3) is 6.39. The molecule has 0 radical (unpaired) electrons. The van der Waals surface area contributed by atoms with Gasteiger partial charge in [0.05, 0.1) is 6.07 Å². The lowest BCUT2D eigenvalue weighted by atomic mass is 9.93.